The van der Waals surface area contributed by atoms with Crippen LogP contribution in [-0.2, 0) is 19.6 Å². The van der Waals surface area contributed by atoms with E-state index in [1.54, 1.807) is 30.5 Å². The van der Waals surface area contributed by atoms with Gasteiger partial charge in [-0.05, 0) is 60.9 Å². The number of carbonyl (C=O) groups is 3. The molecule has 0 aliphatic carbocycles. The molecule has 0 atom stereocenters. The summed E-state index contributed by atoms with van der Waals surface area (Å²) < 4.78 is 0.502. The van der Waals surface area contributed by atoms with E-state index in [1.807, 2.05) is 0 Å². The van der Waals surface area contributed by atoms with Gasteiger partial charge in [0.05, 0.1) is 14.8 Å². The van der Waals surface area contributed by atoms with Gasteiger partial charge in [0, 0.05) is 37.6 Å². The summed E-state index contributed by atoms with van der Waals surface area (Å²) in [6.07, 6.45) is 1.72. The Morgan fingerprint density at radius 1 is 1.11 bits per heavy atom. The number of carboxylic acids is 1. The molecule has 2 aromatic heterocycles. The Morgan fingerprint density at radius 2 is 1.86 bits per heavy atom. The van der Waals surface area contributed by atoms with Crippen molar-refractivity contribution in [3.8, 4) is 0 Å². The molecular weight excluding hydrogens is 511 g/mol. The van der Waals surface area contributed by atoms with Gasteiger partial charge in [-0.2, -0.15) is 0 Å². The number of aromatic carboxylic acids is 1. The zero-order valence-corrected chi connectivity index (χ0v) is 21.4. The second-order valence-electron chi connectivity index (χ2n) is 8.25. The molecule has 0 spiro atoms. The third-order valence-corrected chi connectivity index (χ3v) is 6.86. The molecule has 35 heavy (non-hydrogen) atoms. The van der Waals surface area contributed by atoms with Crippen LogP contribution < -0.4 is 10.6 Å². The molecular formula is C24H24Cl2N4O4S. The second-order valence-corrected chi connectivity index (χ2v) is 9.97. The van der Waals surface area contributed by atoms with Crippen molar-refractivity contribution in [2.75, 3.05) is 5.32 Å². The standard InChI is InChI=1S/C24H23ClN4O4S.ClH/c1-13(2)29-11-16-8-19(26-10-17(16)12-29)22(30)28-18-7-14(24(32)33)3-4-15(18)9-27-23(31)20-5-6-21(25)34-20;/h3-8,10,13H,9,11-12H2,1-2H3,(H,27,31)(H,28,30)(H,32,33);1H. The van der Waals surface area contributed by atoms with E-state index in [2.05, 4.69) is 34.4 Å². The van der Waals surface area contributed by atoms with Crippen LogP contribution in [-0.4, -0.2) is 38.8 Å². The van der Waals surface area contributed by atoms with Gasteiger partial charge in [0.25, 0.3) is 11.8 Å². The molecule has 0 radical (unpaired) electrons. The number of benzene rings is 1. The predicted octanol–water partition coefficient (Wildman–Crippen LogP) is 4.82. The third-order valence-electron chi connectivity index (χ3n) is 5.63. The van der Waals surface area contributed by atoms with E-state index in [4.69, 9.17) is 11.6 Å². The van der Waals surface area contributed by atoms with Gasteiger partial charge in [-0.3, -0.25) is 19.5 Å². The van der Waals surface area contributed by atoms with Crippen molar-refractivity contribution in [3.05, 3.63) is 79.8 Å². The van der Waals surface area contributed by atoms with Crippen molar-refractivity contribution in [1.82, 2.24) is 15.2 Å². The van der Waals surface area contributed by atoms with Crippen LogP contribution in [0.3, 0.4) is 0 Å². The lowest BCUT2D eigenvalue weighted by molar-refractivity contribution is 0.0696. The van der Waals surface area contributed by atoms with Crippen LogP contribution in [0.2, 0.25) is 4.34 Å². The lowest BCUT2D eigenvalue weighted by Gasteiger charge is -2.18. The average Bonchev–Trinajstić information content (AvgIpc) is 3.43. The summed E-state index contributed by atoms with van der Waals surface area (Å²) in [7, 11) is 0. The highest BCUT2D eigenvalue weighted by atomic mass is 35.5. The van der Waals surface area contributed by atoms with Gasteiger partial charge in [0.2, 0.25) is 0 Å². The van der Waals surface area contributed by atoms with Gasteiger partial charge in [-0.25, -0.2) is 4.79 Å². The Morgan fingerprint density at radius 3 is 2.51 bits per heavy atom. The highest BCUT2D eigenvalue weighted by Crippen LogP contribution is 2.26. The van der Waals surface area contributed by atoms with Gasteiger partial charge >= 0.3 is 5.97 Å². The summed E-state index contributed by atoms with van der Waals surface area (Å²) >= 11 is 7.05. The number of pyridine rings is 1. The number of aromatic nitrogens is 1. The van der Waals surface area contributed by atoms with Crippen molar-refractivity contribution in [2.45, 2.75) is 39.5 Å². The second kappa shape index (κ2) is 11.2. The van der Waals surface area contributed by atoms with Gasteiger partial charge in [-0.15, -0.1) is 23.7 Å². The van der Waals surface area contributed by atoms with E-state index in [0.29, 0.717) is 26.5 Å². The number of thiophene rings is 1. The maximum atomic E-state index is 13.0. The van der Waals surface area contributed by atoms with Gasteiger partial charge < -0.3 is 15.7 Å². The number of hydrogen-bond donors (Lipinski definition) is 3. The number of fused-ring (bicyclic) bond motifs is 1. The Bertz CT molecular complexity index is 1280. The highest BCUT2D eigenvalue weighted by molar-refractivity contribution is 7.18. The molecule has 1 aliphatic rings. The minimum absolute atomic E-state index is 0. The molecule has 11 heteroatoms. The van der Waals surface area contributed by atoms with E-state index in [1.165, 1.54) is 12.1 Å². The topological polar surface area (TPSA) is 112 Å². The van der Waals surface area contributed by atoms with Crippen LogP contribution >= 0.6 is 35.3 Å². The van der Waals surface area contributed by atoms with Crippen molar-refractivity contribution in [1.29, 1.82) is 0 Å². The molecule has 0 fully saturated rings. The van der Waals surface area contributed by atoms with Crippen LogP contribution in [0.15, 0.2) is 42.6 Å². The highest BCUT2D eigenvalue weighted by Gasteiger charge is 2.23. The fourth-order valence-corrected chi connectivity index (χ4v) is 4.62. The number of carbonyl (C=O) groups excluding carboxylic acids is 2. The van der Waals surface area contributed by atoms with E-state index >= 15 is 0 Å². The number of anilines is 1. The SMILES string of the molecule is CC(C)N1Cc2cnc(C(=O)Nc3cc(C(=O)O)ccc3CNC(=O)c3ccc(Cl)s3)cc2C1.Cl. The lowest BCUT2D eigenvalue weighted by Crippen LogP contribution is -2.24. The number of nitrogens with zero attached hydrogens (tertiary/aromatic N) is 2. The number of hydrogen-bond acceptors (Lipinski definition) is 6. The monoisotopic (exact) mass is 534 g/mol. The molecule has 3 heterocycles. The Labute approximate surface area is 217 Å². The summed E-state index contributed by atoms with van der Waals surface area (Å²) in [5.74, 6) is -1.89. The quantitative estimate of drug-likeness (QED) is 0.400. The fraction of sp³-hybridized carbons (Fsp3) is 0.250. The Hall–Kier alpha value is -2.98. The Kier molecular flexibility index (Phi) is 8.50. The molecule has 184 valence electrons. The summed E-state index contributed by atoms with van der Waals surface area (Å²) in [6, 6.07) is 9.78. The largest absolute Gasteiger partial charge is 0.478 e. The first-order valence-electron chi connectivity index (χ1n) is 10.6. The number of rotatable bonds is 7. The molecule has 2 amide bonds. The minimum Gasteiger partial charge on any atom is -0.478 e. The number of nitrogens with one attached hydrogen (secondary N) is 2. The van der Waals surface area contributed by atoms with Gasteiger partial charge in [-0.1, -0.05) is 17.7 Å². The van der Waals surface area contributed by atoms with Crippen molar-refractivity contribution < 1.29 is 19.5 Å². The first-order chi connectivity index (χ1) is 16.2. The van der Waals surface area contributed by atoms with Crippen LogP contribution in [0.4, 0.5) is 5.69 Å². The van der Waals surface area contributed by atoms with E-state index in [-0.39, 0.29) is 36.1 Å². The van der Waals surface area contributed by atoms with E-state index < -0.39 is 11.9 Å². The number of halogens is 2. The summed E-state index contributed by atoms with van der Waals surface area (Å²) in [5.41, 5.74) is 3.26. The molecule has 8 nitrogen and oxygen atoms in total. The van der Waals surface area contributed by atoms with Crippen LogP contribution in [0.25, 0.3) is 0 Å². The number of amides is 2. The van der Waals surface area contributed by atoms with Crippen molar-refractivity contribution >= 4 is 58.8 Å². The maximum Gasteiger partial charge on any atom is 0.335 e. The molecule has 0 saturated heterocycles. The molecule has 0 unspecified atom stereocenters. The molecule has 0 saturated carbocycles. The zero-order chi connectivity index (χ0) is 24.4. The van der Waals surface area contributed by atoms with Crippen LogP contribution in [0.5, 0.6) is 0 Å². The maximum absolute atomic E-state index is 13.0. The zero-order valence-electron chi connectivity index (χ0n) is 19.0. The van der Waals surface area contributed by atoms with E-state index in [0.717, 1.165) is 35.6 Å². The molecule has 0 bridgehead atoms. The third kappa shape index (κ3) is 6.18. The van der Waals surface area contributed by atoms with Crippen LogP contribution in [0.1, 0.15) is 61.1 Å². The number of carboxylic acid groups (broad SMARTS) is 1. The van der Waals surface area contributed by atoms with Crippen molar-refractivity contribution in [2.24, 2.45) is 0 Å². The molecule has 1 aromatic carbocycles. The minimum atomic E-state index is -1.12. The Balaban J connectivity index is 0.00000342. The first kappa shape index (κ1) is 26.6. The summed E-state index contributed by atoms with van der Waals surface area (Å²) in [4.78, 5) is 43.9. The normalized spacial score (nSPS) is 12.7. The molecule has 3 aromatic rings. The summed E-state index contributed by atoms with van der Waals surface area (Å²) in [5, 5.41) is 14.9. The van der Waals surface area contributed by atoms with Crippen LogP contribution in [0, 0.1) is 0 Å². The molecule has 1 aliphatic heterocycles. The lowest BCUT2D eigenvalue weighted by atomic mass is 10.1. The van der Waals surface area contributed by atoms with Crippen molar-refractivity contribution in [3.63, 3.8) is 0 Å². The smallest absolute Gasteiger partial charge is 0.335 e. The first-order valence-corrected chi connectivity index (χ1v) is 11.8. The molecule has 3 N–H and O–H groups in total. The van der Waals surface area contributed by atoms with Gasteiger partial charge in [0.1, 0.15) is 5.69 Å². The van der Waals surface area contributed by atoms with E-state index in [9.17, 15) is 19.5 Å². The average molecular weight is 535 g/mol. The molecule has 4 rings (SSSR count). The predicted molar refractivity (Wildman–Crippen MR) is 138 cm³/mol. The fourth-order valence-electron chi connectivity index (χ4n) is 3.66. The van der Waals surface area contributed by atoms with Gasteiger partial charge in [0.15, 0.2) is 0 Å². The summed E-state index contributed by atoms with van der Waals surface area (Å²) in [6.45, 7) is 5.87.